The fourth-order valence-electron chi connectivity index (χ4n) is 3.17. The number of aryl methyl sites for hydroxylation is 1. The van der Waals surface area contributed by atoms with Gasteiger partial charge in [0, 0.05) is 24.3 Å². The summed E-state index contributed by atoms with van der Waals surface area (Å²) >= 11 is 0. The van der Waals surface area contributed by atoms with Gasteiger partial charge in [0.25, 0.3) is 15.9 Å². The first-order chi connectivity index (χ1) is 13.5. The van der Waals surface area contributed by atoms with E-state index in [0.29, 0.717) is 12.0 Å². The molecule has 156 valence electrons. The van der Waals surface area contributed by atoms with Crippen LogP contribution in [0, 0.1) is 12.7 Å². The van der Waals surface area contributed by atoms with Gasteiger partial charge in [-0.1, -0.05) is 6.07 Å². The maximum atomic E-state index is 13.0. The van der Waals surface area contributed by atoms with Crippen LogP contribution < -0.4 is 4.72 Å². The van der Waals surface area contributed by atoms with E-state index in [0.717, 1.165) is 12.1 Å². The zero-order valence-electron chi connectivity index (χ0n) is 15.9. The molecule has 1 aliphatic heterocycles. The molecule has 10 heteroatoms. The van der Waals surface area contributed by atoms with Crippen molar-refractivity contribution in [3.05, 3.63) is 59.4 Å². The number of benzene rings is 2. The number of amides is 1. The third kappa shape index (κ3) is 4.76. The molecule has 0 aliphatic carbocycles. The van der Waals surface area contributed by atoms with Crippen molar-refractivity contribution in [2.75, 3.05) is 23.3 Å². The van der Waals surface area contributed by atoms with E-state index in [-0.39, 0.29) is 27.7 Å². The maximum Gasteiger partial charge on any atom is 0.261 e. The molecule has 2 aromatic rings. The first kappa shape index (κ1) is 21.3. The van der Waals surface area contributed by atoms with Crippen molar-refractivity contribution in [1.82, 2.24) is 4.90 Å². The van der Waals surface area contributed by atoms with Crippen molar-refractivity contribution in [3.8, 4) is 0 Å². The Kier molecular flexibility index (Phi) is 5.68. The Morgan fingerprint density at radius 2 is 1.83 bits per heavy atom. The Balaban J connectivity index is 1.87. The van der Waals surface area contributed by atoms with Crippen LogP contribution in [0.4, 0.5) is 10.1 Å². The Labute approximate surface area is 169 Å². The summed E-state index contributed by atoms with van der Waals surface area (Å²) in [6.45, 7) is 1.68. The average Bonchev–Trinajstić information content (AvgIpc) is 3.02. The number of sulfonamides is 1. The minimum absolute atomic E-state index is 0.0320. The number of carbonyl (C=O) groups excluding carboxylic acids is 1. The predicted molar refractivity (Wildman–Crippen MR) is 108 cm³/mol. The van der Waals surface area contributed by atoms with Crippen molar-refractivity contribution in [3.63, 3.8) is 0 Å². The van der Waals surface area contributed by atoms with Crippen LogP contribution in [0.1, 0.15) is 22.3 Å². The van der Waals surface area contributed by atoms with Crippen molar-refractivity contribution >= 4 is 31.5 Å². The van der Waals surface area contributed by atoms with E-state index in [2.05, 4.69) is 4.72 Å². The average molecular weight is 441 g/mol. The van der Waals surface area contributed by atoms with E-state index in [4.69, 9.17) is 0 Å². The summed E-state index contributed by atoms with van der Waals surface area (Å²) in [5.41, 5.74) is 0.940. The normalized spacial score (nSPS) is 18.4. The first-order valence-corrected chi connectivity index (χ1v) is 12.2. The van der Waals surface area contributed by atoms with Crippen molar-refractivity contribution < 1.29 is 26.0 Å². The van der Waals surface area contributed by atoms with Gasteiger partial charge in [-0.3, -0.25) is 9.52 Å². The lowest BCUT2D eigenvalue weighted by Gasteiger charge is -2.24. The third-order valence-corrected chi connectivity index (χ3v) is 8.05. The van der Waals surface area contributed by atoms with E-state index in [1.165, 1.54) is 42.3 Å². The number of nitrogens with zero attached hydrogens (tertiary/aromatic N) is 1. The molecule has 0 aromatic heterocycles. The van der Waals surface area contributed by atoms with Gasteiger partial charge in [0.15, 0.2) is 9.84 Å². The first-order valence-electron chi connectivity index (χ1n) is 8.85. The molecule has 0 bridgehead atoms. The monoisotopic (exact) mass is 440 g/mol. The van der Waals surface area contributed by atoms with Gasteiger partial charge >= 0.3 is 0 Å². The highest BCUT2D eigenvalue weighted by Crippen LogP contribution is 2.23. The topological polar surface area (TPSA) is 101 Å². The molecule has 1 unspecified atom stereocenters. The summed E-state index contributed by atoms with van der Waals surface area (Å²) in [4.78, 5) is 14.1. The summed E-state index contributed by atoms with van der Waals surface area (Å²) in [5.74, 6) is -1.00. The second kappa shape index (κ2) is 7.75. The number of rotatable bonds is 5. The smallest absolute Gasteiger partial charge is 0.261 e. The van der Waals surface area contributed by atoms with E-state index >= 15 is 0 Å². The maximum absolute atomic E-state index is 13.0. The fraction of sp³-hybridized carbons (Fsp3) is 0.316. The molecule has 1 atom stereocenters. The van der Waals surface area contributed by atoms with Crippen molar-refractivity contribution in [2.24, 2.45) is 0 Å². The van der Waals surface area contributed by atoms with Crippen LogP contribution in [0.2, 0.25) is 0 Å². The largest absolute Gasteiger partial charge is 0.338 e. The molecule has 1 saturated heterocycles. The molecular weight excluding hydrogens is 419 g/mol. The van der Waals surface area contributed by atoms with E-state index in [1.54, 1.807) is 6.92 Å². The van der Waals surface area contributed by atoms with Gasteiger partial charge in [-0.2, -0.15) is 0 Å². The lowest BCUT2D eigenvalue weighted by molar-refractivity contribution is 0.0746. The predicted octanol–water partition coefficient (Wildman–Crippen LogP) is 2.19. The van der Waals surface area contributed by atoms with Crippen LogP contribution in [0.15, 0.2) is 47.4 Å². The molecule has 1 N–H and O–H groups in total. The molecule has 1 amide bonds. The lowest BCUT2D eigenvalue weighted by atomic mass is 10.1. The zero-order chi connectivity index (χ0) is 21.4. The molecule has 1 aliphatic rings. The standard InChI is InChI=1S/C19H21FN2O5S2/c1-13-3-8-17(29(26,27)21-15-6-4-14(20)5-7-15)11-18(13)19(23)22(2)16-9-10-28(24,25)12-16/h3-8,11,16,21H,9-10,12H2,1-2H3. The van der Waals surface area contributed by atoms with Gasteiger partial charge in [0.2, 0.25) is 0 Å². The second-order valence-corrected chi connectivity index (χ2v) is 11.0. The van der Waals surface area contributed by atoms with Crippen LogP contribution in [0.5, 0.6) is 0 Å². The minimum atomic E-state index is -4.00. The molecule has 1 heterocycles. The Morgan fingerprint density at radius 3 is 2.41 bits per heavy atom. The molecular formula is C19H21FN2O5S2. The van der Waals surface area contributed by atoms with Gasteiger partial charge in [0.05, 0.1) is 16.4 Å². The molecule has 0 radical (unpaired) electrons. The van der Waals surface area contributed by atoms with Gasteiger partial charge in [-0.05, 0) is 55.3 Å². The fourth-order valence-corrected chi connectivity index (χ4v) is 6.03. The van der Waals surface area contributed by atoms with Crippen molar-refractivity contribution in [1.29, 1.82) is 0 Å². The van der Waals surface area contributed by atoms with E-state index in [1.807, 2.05) is 0 Å². The molecule has 0 saturated carbocycles. The van der Waals surface area contributed by atoms with Crippen LogP contribution >= 0.6 is 0 Å². The summed E-state index contributed by atoms with van der Waals surface area (Å²) in [6.07, 6.45) is 0.355. The second-order valence-electron chi connectivity index (χ2n) is 7.06. The molecule has 7 nitrogen and oxygen atoms in total. The number of halogens is 1. The number of hydrogen-bond acceptors (Lipinski definition) is 5. The lowest BCUT2D eigenvalue weighted by Crippen LogP contribution is -2.38. The van der Waals surface area contributed by atoms with Crippen LogP contribution in [-0.4, -0.2) is 52.2 Å². The number of nitrogens with one attached hydrogen (secondary N) is 1. The number of sulfone groups is 1. The minimum Gasteiger partial charge on any atom is -0.338 e. The summed E-state index contributed by atoms with van der Waals surface area (Å²) in [7, 11) is -5.64. The highest BCUT2D eigenvalue weighted by molar-refractivity contribution is 7.92. The van der Waals surface area contributed by atoms with Gasteiger partial charge in [0.1, 0.15) is 5.82 Å². The molecule has 29 heavy (non-hydrogen) atoms. The molecule has 2 aromatic carbocycles. The highest BCUT2D eigenvalue weighted by atomic mass is 32.2. The summed E-state index contributed by atoms with van der Waals surface area (Å²) in [6, 6.07) is 8.57. The van der Waals surface area contributed by atoms with E-state index < -0.39 is 37.6 Å². The van der Waals surface area contributed by atoms with E-state index in [9.17, 15) is 26.0 Å². The van der Waals surface area contributed by atoms with Crippen LogP contribution in [-0.2, 0) is 19.9 Å². The molecule has 3 rings (SSSR count). The SMILES string of the molecule is Cc1ccc(S(=O)(=O)Nc2ccc(F)cc2)cc1C(=O)N(C)C1CCS(=O)(=O)C1. The van der Waals surface area contributed by atoms with Gasteiger partial charge < -0.3 is 4.90 Å². The highest BCUT2D eigenvalue weighted by Gasteiger charge is 2.33. The van der Waals surface area contributed by atoms with Crippen LogP contribution in [0.3, 0.4) is 0 Å². The Bertz CT molecular complexity index is 1150. The van der Waals surface area contributed by atoms with Crippen LogP contribution in [0.25, 0.3) is 0 Å². The summed E-state index contributed by atoms with van der Waals surface area (Å²) < 4.78 is 64.1. The Hall–Kier alpha value is -2.46. The third-order valence-electron chi connectivity index (χ3n) is 4.92. The number of carbonyl (C=O) groups is 1. The molecule has 0 spiro atoms. The van der Waals surface area contributed by atoms with Gasteiger partial charge in [-0.15, -0.1) is 0 Å². The number of hydrogen-bond donors (Lipinski definition) is 1. The zero-order valence-corrected chi connectivity index (χ0v) is 17.6. The number of anilines is 1. The molecule has 1 fully saturated rings. The van der Waals surface area contributed by atoms with Gasteiger partial charge in [-0.25, -0.2) is 21.2 Å². The Morgan fingerprint density at radius 1 is 1.17 bits per heavy atom. The summed E-state index contributed by atoms with van der Waals surface area (Å²) in [5, 5.41) is 0. The van der Waals surface area contributed by atoms with Crippen molar-refractivity contribution in [2.45, 2.75) is 24.3 Å². The quantitative estimate of drug-likeness (QED) is 0.768.